The molecule has 1 unspecified atom stereocenters. The molecule has 0 radical (unpaired) electrons. The number of rotatable bonds is 3. The quantitative estimate of drug-likeness (QED) is 0.362. The van der Waals surface area contributed by atoms with Crippen molar-refractivity contribution < 1.29 is 19.5 Å². The van der Waals surface area contributed by atoms with E-state index in [0.717, 1.165) is 0 Å². The Labute approximate surface area is 80.9 Å². The van der Waals surface area contributed by atoms with Gasteiger partial charge in [-0.15, -0.1) is 0 Å². The lowest BCUT2D eigenvalue weighted by Crippen LogP contribution is -2.50. The van der Waals surface area contributed by atoms with Crippen LogP contribution in [-0.2, 0) is 14.4 Å². The number of carbonyl (C=O) groups excluding carboxylic acids is 2. The Morgan fingerprint density at radius 2 is 2.21 bits per heavy atom. The molecule has 0 aromatic rings. The summed E-state index contributed by atoms with van der Waals surface area (Å²) in [5.41, 5.74) is 5.29. The summed E-state index contributed by atoms with van der Waals surface area (Å²) in [7, 11) is 0. The number of ketones is 2. The van der Waals surface area contributed by atoms with E-state index >= 15 is 0 Å². The Bertz CT molecular complexity index is 281. The van der Waals surface area contributed by atoms with E-state index in [2.05, 4.69) is 5.23 Å². The van der Waals surface area contributed by atoms with Gasteiger partial charge in [-0.2, -0.15) is 0 Å². The van der Waals surface area contributed by atoms with E-state index < -0.39 is 23.6 Å². The molecule has 1 rings (SSSR count). The van der Waals surface area contributed by atoms with E-state index in [1.165, 1.54) is 0 Å². The van der Waals surface area contributed by atoms with Crippen molar-refractivity contribution in [3.63, 3.8) is 0 Å². The number of hydrogen-bond acceptors (Lipinski definition) is 5. The van der Waals surface area contributed by atoms with Crippen LogP contribution >= 0.6 is 0 Å². The highest BCUT2D eigenvalue weighted by molar-refractivity contribution is 6.67. The molecule has 0 aromatic carbocycles. The van der Waals surface area contributed by atoms with E-state index in [0.29, 0.717) is 0 Å². The van der Waals surface area contributed by atoms with Gasteiger partial charge in [0.05, 0.1) is 12.6 Å². The second-order valence-corrected chi connectivity index (χ2v) is 3.31. The van der Waals surface area contributed by atoms with Crippen LogP contribution in [0, 0.1) is 0 Å². The first kappa shape index (κ1) is 10.9. The standard InChI is InChI=1S/C7H11BN2O4/c9-4(7(13)14)1-8-2-5(11)6(12)3-10-8/h4,10H,1-3,9H2,(H,13,14). The number of Topliss-reactive ketones (excluding diaryl/α,β-unsaturated/α-hetero) is 2. The fourth-order valence-electron chi connectivity index (χ4n) is 1.32. The predicted molar refractivity (Wildman–Crippen MR) is 49.0 cm³/mol. The van der Waals surface area contributed by atoms with Crippen LogP contribution in [0.25, 0.3) is 0 Å². The van der Waals surface area contributed by atoms with Gasteiger partial charge in [0.1, 0.15) is 0 Å². The minimum atomic E-state index is -1.10. The largest absolute Gasteiger partial charge is 0.480 e. The molecule has 1 saturated heterocycles. The highest BCUT2D eigenvalue weighted by Gasteiger charge is 2.31. The van der Waals surface area contributed by atoms with Gasteiger partial charge in [-0.25, -0.2) is 0 Å². The van der Waals surface area contributed by atoms with Gasteiger partial charge < -0.3 is 16.1 Å². The summed E-state index contributed by atoms with van der Waals surface area (Å²) in [6, 6.07) is -0.992. The second-order valence-electron chi connectivity index (χ2n) is 3.31. The molecule has 14 heavy (non-hydrogen) atoms. The fraction of sp³-hybridized carbons (Fsp3) is 0.571. The molecule has 0 aromatic heterocycles. The molecule has 0 bridgehead atoms. The van der Waals surface area contributed by atoms with Crippen LogP contribution in [0.3, 0.4) is 0 Å². The minimum Gasteiger partial charge on any atom is -0.480 e. The topological polar surface area (TPSA) is 109 Å². The molecule has 76 valence electrons. The Kier molecular flexibility index (Phi) is 3.37. The number of nitrogens with one attached hydrogen (secondary N) is 1. The van der Waals surface area contributed by atoms with Gasteiger partial charge in [-0.05, 0) is 6.32 Å². The van der Waals surface area contributed by atoms with Crippen LogP contribution in [0.1, 0.15) is 0 Å². The maximum absolute atomic E-state index is 11.0. The average molecular weight is 198 g/mol. The molecule has 7 heteroatoms. The lowest BCUT2D eigenvalue weighted by molar-refractivity contribution is -0.138. The van der Waals surface area contributed by atoms with Crippen molar-refractivity contribution in [2.24, 2.45) is 5.73 Å². The molecule has 4 N–H and O–H groups in total. The summed E-state index contributed by atoms with van der Waals surface area (Å²) >= 11 is 0. The van der Waals surface area contributed by atoms with Crippen molar-refractivity contribution in [1.82, 2.24) is 5.23 Å². The zero-order valence-corrected chi connectivity index (χ0v) is 7.53. The van der Waals surface area contributed by atoms with Crippen molar-refractivity contribution >= 4 is 24.4 Å². The summed E-state index contributed by atoms with van der Waals surface area (Å²) in [6.45, 7) is -0.318. The van der Waals surface area contributed by atoms with Crippen molar-refractivity contribution in [1.29, 1.82) is 0 Å². The van der Waals surface area contributed by atoms with E-state index in [1.807, 2.05) is 0 Å². The summed E-state index contributed by atoms with van der Waals surface area (Å²) in [5, 5.41) is 11.3. The number of carboxylic acid groups (broad SMARTS) is 1. The lowest BCUT2D eigenvalue weighted by atomic mass is 9.52. The average Bonchev–Trinajstić information content (AvgIpc) is 2.11. The van der Waals surface area contributed by atoms with Gasteiger partial charge in [0.25, 0.3) is 0 Å². The SMILES string of the molecule is NC(CB1CC(=O)C(=O)CN1)C(=O)O. The molecule has 1 heterocycles. The highest BCUT2D eigenvalue weighted by Crippen LogP contribution is 2.05. The molecule has 0 amide bonds. The van der Waals surface area contributed by atoms with Crippen molar-refractivity contribution in [2.45, 2.75) is 18.7 Å². The van der Waals surface area contributed by atoms with Crippen LogP contribution in [0.15, 0.2) is 0 Å². The number of carbonyl (C=O) groups is 3. The molecule has 0 saturated carbocycles. The molecule has 0 aliphatic carbocycles. The third kappa shape index (κ3) is 2.64. The number of carboxylic acids is 1. The van der Waals surface area contributed by atoms with Crippen molar-refractivity contribution in [2.75, 3.05) is 6.54 Å². The van der Waals surface area contributed by atoms with E-state index in [4.69, 9.17) is 10.8 Å². The number of hydrogen-bond donors (Lipinski definition) is 3. The summed E-state index contributed by atoms with van der Waals surface area (Å²) in [6.07, 6.45) is 0.203. The molecule has 1 atom stereocenters. The first-order valence-corrected chi connectivity index (χ1v) is 4.28. The smallest absolute Gasteiger partial charge is 0.319 e. The van der Waals surface area contributed by atoms with Crippen molar-refractivity contribution in [3.05, 3.63) is 0 Å². The normalized spacial score (nSPS) is 19.6. The predicted octanol–water partition coefficient (Wildman–Crippen LogP) is -1.87. The Morgan fingerprint density at radius 3 is 2.71 bits per heavy atom. The highest BCUT2D eigenvalue weighted by atomic mass is 16.4. The monoisotopic (exact) mass is 198 g/mol. The van der Waals surface area contributed by atoms with Gasteiger partial charge in [-0.3, -0.25) is 14.4 Å². The van der Waals surface area contributed by atoms with Crippen LogP contribution in [0.2, 0.25) is 12.6 Å². The summed E-state index contributed by atoms with van der Waals surface area (Å²) in [4.78, 5) is 32.2. The van der Waals surface area contributed by atoms with Gasteiger partial charge in [-0.1, -0.05) is 0 Å². The number of nitrogens with two attached hydrogens (primary N) is 1. The maximum Gasteiger partial charge on any atom is 0.319 e. The first-order valence-electron chi connectivity index (χ1n) is 4.28. The summed E-state index contributed by atoms with van der Waals surface area (Å²) in [5.74, 6) is -2.01. The van der Waals surface area contributed by atoms with E-state index in [9.17, 15) is 14.4 Å². The molecule has 6 nitrogen and oxygen atoms in total. The van der Waals surface area contributed by atoms with Crippen LogP contribution in [0.4, 0.5) is 0 Å². The second kappa shape index (κ2) is 4.34. The van der Waals surface area contributed by atoms with Gasteiger partial charge in [0, 0.05) is 6.32 Å². The third-order valence-electron chi connectivity index (χ3n) is 2.15. The van der Waals surface area contributed by atoms with Gasteiger partial charge in [0.15, 0.2) is 5.78 Å². The number of aliphatic carboxylic acids is 1. The van der Waals surface area contributed by atoms with Gasteiger partial charge >= 0.3 is 5.97 Å². The Morgan fingerprint density at radius 1 is 1.57 bits per heavy atom. The van der Waals surface area contributed by atoms with Crippen LogP contribution < -0.4 is 11.0 Å². The summed E-state index contributed by atoms with van der Waals surface area (Å²) < 4.78 is 0. The van der Waals surface area contributed by atoms with Crippen LogP contribution in [0.5, 0.6) is 0 Å². The molecule has 1 fully saturated rings. The van der Waals surface area contributed by atoms with E-state index in [1.54, 1.807) is 0 Å². The minimum absolute atomic E-state index is 0.0180. The fourth-order valence-corrected chi connectivity index (χ4v) is 1.32. The lowest BCUT2D eigenvalue weighted by Gasteiger charge is -2.19. The third-order valence-corrected chi connectivity index (χ3v) is 2.15. The Balaban J connectivity index is 2.44. The molecule has 0 spiro atoms. The zero-order valence-electron chi connectivity index (χ0n) is 7.53. The van der Waals surface area contributed by atoms with Crippen molar-refractivity contribution in [3.8, 4) is 0 Å². The first-order chi connectivity index (χ1) is 6.50. The molecule has 1 aliphatic heterocycles. The zero-order chi connectivity index (χ0) is 10.7. The van der Waals surface area contributed by atoms with Crippen LogP contribution in [-0.4, -0.2) is 42.1 Å². The Hall–Kier alpha value is -1.21. The maximum atomic E-state index is 11.0. The molecule has 1 aliphatic rings. The van der Waals surface area contributed by atoms with Gasteiger partial charge in [0.2, 0.25) is 12.6 Å². The van der Waals surface area contributed by atoms with E-state index in [-0.39, 0.29) is 26.0 Å². The molecular formula is C7H11BN2O4. The molecular weight excluding hydrogens is 187 g/mol.